The van der Waals surface area contributed by atoms with Crippen molar-refractivity contribution in [2.24, 2.45) is 11.3 Å². The first-order valence-electron chi connectivity index (χ1n) is 9.77. The van der Waals surface area contributed by atoms with E-state index in [4.69, 9.17) is 4.74 Å². The predicted octanol–water partition coefficient (Wildman–Crippen LogP) is 5.68. The lowest BCUT2D eigenvalue weighted by Gasteiger charge is -2.30. The largest absolute Gasteiger partial charge is 0.465 e. The summed E-state index contributed by atoms with van der Waals surface area (Å²) < 4.78 is 99.3. The van der Waals surface area contributed by atoms with E-state index in [1.807, 2.05) is 0 Å². The molecule has 1 aliphatic rings. The fraction of sp³-hybridized carbons (Fsp3) is 0.895. The first-order chi connectivity index (χ1) is 13.6. The second-order valence-corrected chi connectivity index (χ2v) is 8.06. The van der Waals surface area contributed by atoms with Crippen LogP contribution >= 0.6 is 0 Å². The van der Waals surface area contributed by atoms with Gasteiger partial charge in [0, 0.05) is 0 Å². The molecule has 0 aliphatic heterocycles. The van der Waals surface area contributed by atoms with Crippen LogP contribution in [-0.4, -0.2) is 43.2 Å². The number of ether oxygens (including phenoxy) is 2. The lowest BCUT2D eigenvalue weighted by molar-refractivity contribution is -0.275. The van der Waals surface area contributed by atoms with Crippen LogP contribution in [0.5, 0.6) is 0 Å². The molecule has 0 amide bonds. The third-order valence-electron chi connectivity index (χ3n) is 5.35. The Hall–Kier alpha value is -1.55. The van der Waals surface area contributed by atoms with Gasteiger partial charge < -0.3 is 9.47 Å². The van der Waals surface area contributed by atoms with E-state index < -0.39 is 54.8 Å². The van der Waals surface area contributed by atoms with Crippen LogP contribution in [0, 0.1) is 11.3 Å². The summed E-state index contributed by atoms with van der Waals surface area (Å²) in [4.78, 5) is 24.2. The van der Waals surface area contributed by atoms with Crippen LogP contribution in [0.1, 0.15) is 65.2 Å². The van der Waals surface area contributed by atoms with Gasteiger partial charge in [-0.25, -0.2) is 0 Å². The van der Waals surface area contributed by atoms with Crippen molar-refractivity contribution in [2.45, 2.75) is 83.2 Å². The highest BCUT2D eigenvalue weighted by atomic mass is 19.4. The fourth-order valence-electron chi connectivity index (χ4n) is 3.09. The van der Waals surface area contributed by atoms with Crippen molar-refractivity contribution in [3.05, 3.63) is 0 Å². The summed E-state index contributed by atoms with van der Waals surface area (Å²) in [5, 5.41) is 0. The van der Waals surface area contributed by atoms with E-state index in [9.17, 15) is 40.3 Å². The van der Waals surface area contributed by atoms with E-state index >= 15 is 0 Å². The van der Waals surface area contributed by atoms with Gasteiger partial charge in [-0.2, -0.15) is 30.7 Å². The molecule has 0 saturated heterocycles. The van der Waals surface area contributed by atoms with Crippen molar-refractivity contribution in [3.8, 4) is 0 Å². The van der Waals surface area contributed by atoms with Gasteiger partial charge in [-0.1, -0.05) is 26.2 Å². The molecule has 4 nitrogen and oxygen atoms in total. The summed E-state index contributed by atoms with van der Waals surface area (Å²) in [7, 11) is 0. The topological polar surface area (TPSA) is 52.6 Å². The molecule has 0 radical (unpaired) electrons. The predicted molar refractivity (Wildman–Crippen MR) is 92.1 cm³/mol. The van der Waals surface area contributed by atoms with E-state index in [2.05, 4.69) is 4.74 Å². The van der Waals surface area contributed by atoms with E-state index in [1.165, 1.54) is 13.8 Å². The maximum Gasteiger partial charge on any atom is 0.395 e. The summed E-state index contributed by atoms with van der Waals surface area (Å²) in [6, 6.07) is 0. The number of esters is 2. The van der Waals surface area contributed by atoms with Crippen molar-refractivity contribution in [1.82, 2.24) is 0 Å². The molecule has 0 aromatic carbocycles. The number of hydrogen-bond acceptors (Lipinski definition) is 4. The van der Waals surface area contributed by atoms with E-state index in [0.717, 1.165) is 32.1 Å². The molecular weight excluding hydrogens is 425 g/mol. The SMILES string of the molecule is CCC(C)(CC(=O)OCC1CCCCC1)C(=O)OCC(F)(F)C(F)(F)CC(F)(F)F. The number of halogens is 7. The molecule has 11 heteroatoms. The normalized spacial score (nSPS) is 18.6. The second kappa shape index (κ2) is 10.2. The maximum atomic E-state index is 13.6. The molecule has 1 atom stereocenters. The van der Waals surface area contributed by atoms with Crippen molar-refractivity contribution in [3.63, 3.8) is 0 Å². The Morgan fingerprint density at radius 2 is 1.47 bits per heavy atom. The van der Waals surface area contributed by atoms with Crippen molar-refractivity contribution < 1.29 is 49.8 Å². The van der Waals surface area contributed by atoms with Crippen molar-refractivity contribution >= 4 is 11.9 Å². The van der Waals surface area contributed by atoms with Gasteiger partial charge in [0.2, 0.25) is 0 Å². The molecule has 30 heavy (non-hydrogen) atoms. The third kappa shape index (κ3) is 7.94. The third-order valence-corrected chi connectivity index (χ3v) is 5.35. The van der Waals surface area contributed by atoms with Crippen LogP contribution in [0.3, 0.4) is 0 Å². The lowest BCUT2D eigenvalue weighted by Crippen LogP contribution is -2.48. The molecule has 1 aliphatic carbocycles. The summed E-state index contributed by atoms with van der Waals surface area (Å²) >= 11 is 0. The molecule has 1 saturated carbocycles. The molecule has 0 N–H and O–H groups in total. The van der Waals surface area contributed by atoms with Crippen LogP contribution in [-0.2, 0) is 19.1 Å². The highest BCUT2D eigenvalue weighted by molar-refractivity contribution is 5.83. The highest BCUT2D eigenvalue weighted by Gasteiger charge is 2.62. The number of rotatable bonds is 10. The van der Waals surface area contributed by atoms with Gasteiger partial charge in [-0.05, 0) is 32.1 Å². The van der Waals surface area contributed by atoms with Crippen LogP contribution in [0.2, 0.25) is 0 Å². The Morgan fingerprint density at radius 3 is 1.97 bits per heavy atom. The molecule has 0 heterocycles. The zero-order valence-corrected chi connectivity index (χ0v) is 16.9. The lowest BCUT2D eigenvalue weighted by atomic mass is 9.84. The van der Waals surface area contributed by atoms with E-state index in [-0.39, 0.29) is 18.9 Å². The van der Waals surface area contributed by atoms with E-state index in [1.54, 1.807) is 0 Å². The van der Waals surface area contributed by atoms with Crippen LogP contribution < -0.4 is 0 Å². The molecule has 0 spiro atoms. The minimum absolute atomic E-state index is 0.0606. The Kier molecular flexibility index (Phi) is 8.98. The minimum Gasteiger partial charge on any atom is -0.465 e. The molecule has 0 bridgehead atoms. The maximum absolute atomic E-state index is 13.6. The van der Waals surface area contributed by atoms with E-state index in [0.29, 0.717) is 0 Å². The number of hydrogen-bond donors (Lipinski definition) is 0. The van der Waals surface area contributed by atoms with Crippen LogP contribution in [0.15, 0.2) is 0 Å². The molecular formula is C19H27F7O4. The summed E-state index contributed by atoms with van der Waals surface area (Å²) in [5.74, 6) is -12.6. The van der Waals surface area contributed by atoms with Crippen molar-refractivity contribution in [1.29, 1.82) is 0 Å². The van der Waals surface area contributed by atoms with Crippen molar-refractivity contribution in [2.75, 3.05) is 13.2 Å². The summed E-state index contributed by atoms with van der Waals surface area (Å²) in [6.07, 6.45) is -4.21. The smallest absolute Gasteiger partial charge is 0.395 e. The second-order valence-electron chi connectivity index (χ2n) is 8.06. The minimum atomic E-state index is -5.53. The Morgan fingerprint density at radius 1 is 0.900 bits per heavy atom. The molecule has 0 aromatic heterocycles. The number of carbonyl (C=O) groups excluding carboxylic acids is 2. The monoisotopic (exact) mass is 452 g/mol. The first-order valence-corrected chi connectivity index (χ1v) is 9.77. The quantitative estimate of drug-likeness (QED) is 0.316. The molecule has 1 fully saturated rings. The van der Waals surface area contributed by atoms with Gasteiger partial charge >= 0.3 is 30.0 Å². The van der Waals surface area contributed by atoms with Gasteiger partial charge in [-0.3, -0.25) is 9.59 Å². The highest BCUT2D eigenvalue weighted by Crippen LogP contribution is 2.43. The van der Waals surface area contributed by atoms with Crippen LogP contribution in [0.25, 0.3) is 0 Å². The van der Waals surface area contributed by atoms with Gasteiger partial charge in [0.05, 0.1) is 18.4 Å². The number of carbonyl (C=O) groups is 2. The number of alkyl halides is 7. The van der Waals surface area contributed by atoms with Gasteiger partial charge in [0.15, 0.2) is 6.61 Å². The first kappa shape index (κ1) is 26.5. The zero-order valence-electron chi connectivity index (χ0n) is 16.9. The van der Waals surface area contributed by atoms with Gasteiger partial charge in [-0.15, -0.1) is 0 Å². The standard InChI is InChI=1S/C19H27F7O4/c1-3-16(2,9-14(27)29-10-13-7-5-4-6-8-13)15(28)30-12-18(22,23)17(20,21)11-19(24,25)26/h13H,3-12H2,1-2H3. The fourth-order valence-corrected chi connectivity index (χ4v) is 3.09. The Labute approximate surface area is 170 Å². The average molecular weight is 452 g/mol. The van der Waals surface area contributed by atoms with Gasteiger partial charge in [0.25, 0.3) is 0 Å². The average Bonchev–Trinajstić information content (AvgIpc) is 2.63. The Balaban J connectivity index is 2.63. The zero-order chi connectivity index (χ0) is 23.2. The molecule has 0 aromatic rings. The van der Waals surface area contributed by atoms with Crippen LogP contribution in [0.4, 0.5) is 30.7 Å². The molecule has 1 rings (SSSR count). The summed E-state index contributed by atoms with van der Waals surface area (Å²) in [5.41, 5.74) is -1.64. The van der Waals surface area contributed by atoms with Gasteiger partial charge in [0.1, 0.15) is 6.42 Å². The molecule has 1 unspecified atom stereocenters. The summed E-state index contributed by atoms with van der Waals surface area (Å²) in [6.45, 7) is 0.590. The molecule has 176 valence electrons. The Bertz CT molecular complexity index is 586.